The molecule has 0 saturated heterocycles. The Hall–Kier alpha value is -1.55. The first-order chi connectivity index (χ1) is 8.71. The molecule has 1 aromatic carbocycles. The van der Waals surface area contributed by atoms with Gasteiger partial charge in [-0.3, -0.25) is 4.79 Å². The molecule has 0 spiro atoms. The number of Topliss-reactive ketones (excluding diaryl/α,β-unsaturated/α-hetero) is 1. The third kappa shape index (κ3) is 4.91. The molecule has 0 aromatic heterocycles. The maximum Gasteiger partial charge on any atom is 0.405 e. The van der Waals surface area contributed by atoms with Crippen LogP contribution in [0.1, 0.15) is 43.1 Å². The van der Waals surface area contributed by atoms with Gasteiger partial charge in [-0.15, -0.1) is 0 Å². The number of amides is 1. The summed E-state index contributed by atoms with van der Waals surface area (Å²) in [5.41, 5.74) is 5.82. The number of ketones is 1. The Morgan fingerprint density at radius 1 is 1.37 bits per heavy atom. The van der Waals surface area contributed by atoms with Gasteiger partial charge in [-0.1, -0.05) is 11.6 Å². The fourth-order valence-electron chi connectivity index (χ4n) is 1.74. The van der Waals surface area contributed by atoms with Gasteiger partial charge in [0.05, 0.1) is 0 Å². The summed E-state index contributed by atoms with van der Waals surface area (Å²) in [7, 11) is 0. The summed E-state index contributed by atoms with van der Waals surface area (Å²) in [4.78, 5) is 22.1. The van der Waals surface area contributed by atoms with Gasteiger partial charge in [-0.25, -0.2) is 4.79 Å². The van der Waals surface area contributed by atoms with Crippen molar-refractivity contribution >= 4 is 23.5 Å². The summed E-state index contributed by atoms with van der Waals surface area (Å²) in [6.45, 7) is 5.06. The average Bonchev–Trinajstić information content (AvgIpc) is 2.25. The molecule has 4 nitrogen and oxygen atoms in total. The Morgan fingerprint density at radius 3 is 2.53 bits per heavy atom. The second kappa shape index (κ2) is 6.06. The highest BCUT2D eigenvalue weighted by molar-refractivity contribution is 6.31. The van der Waals surface area contributed by atoms with Gasteiger partial charge in [0, 0.05) is 10.6 Å². The van der Waals surface area contributed by atoms with Crippen LogP contribution in [0, 0.1) is 0 Å². The molecule has 2 N–H and O–H groups in total. The van der Waals surface area contributed by atoms with Crippen molar-refractivity contribution in [2.45, 2.75) is 39.2 Å². The monoisotopic (exact) mass is 283 g/mol. The third-order valence-corrected chi connectivity index (χ3v) is 3.19. The maximum atomic E-state index is 11.3. The van der Waals surface area contributed by atoms with Crippen LogP contribution in [0.5, 0.6) is 0 Å². The molecule has 0 bridgehead atoms. The summed E-state index contributed by atoms with van der Waals surface area (Å²) >= 11 is 6.09. The molecule has 1 amide bonds. The number of primary amides is 1. The molecular weight excluding hydrogens is 266 g/mol. The Balaban J connectivity index is 2.79. The molecule has 0 heterocycles. The molecule has 5 heteroatoms. The van der Waals surface area contributed by atoms with Crippen molar-refractivity contribution < 1.29 is 14.3 Å². The van der Waals surface area contributed by atoms with E-state index in [0.717, 1.165) is 5.56 Å². The highest BCUT2D eigenvalue weighted by Gasteiger charge is 2.22. The number of hydrogen-bond acceptors (Lipinski definition) is 3. The number of halogens is 1. The van der Waals surface area contributed by atoms with Crippen LogP contribution in [-0.2, 0) is 11.2 Å². The van der Waals surface area contributed by atoms with Crippen LogP contribution in [0.4, 0.5) is 4.79 Å². The molecule has 0 aliphatic rings. The van der Waals surface area contributed by atoms with E-state index >= 15 is 0 Å². The lowest BCUT2D eigenvalue weighted by Crippen LogP contribution is -2.31. The van der Waals surface area contributed by atoms with Gasteiger partial charge >= 0.3 is 6.09 Å². The topological polar surface area (TPSA) is 69.4 Å². The fourth-order valence-corrected chi connectivity index (χ4v) is 1.96. The van der Waals surface area contributed by atoms with Gasteiger partial charge in [-0.05, 0) is 57.4 Å². The zero-order chi connectivity index (χ0) is 14.6. The summed E-state index contributed by atoms with van der Waals surface area (Å²) in [5.74, 6) is -0.00874. The van der Waals surface area contributed by atoms with E-state index in [2.05, 4.69) is 0 Å². The van der Waals surface area contributed by atoms with Gasteiger partial charge in [0.15, 0.2) is 5.78 Å². The highest BCUT2D eigenvalue weighted by atomic mass is 35.5. The van der Waals surface area contributed by atoms with Crippen molar-refractivity contribution in [1.82, 2.24) is 0 Å². The zero-order valence-electron chi connectivity index (χ0n) is 11.3. The summed E-state index contributed by atoms with van der Waals surface area (Å²) in [5, 5.41) is 0.597. The van der Waals surface area contributed by atoms with Crippen LogP contribution in [-0.4, -0.2) is 17.5 Å². The van der Waals surface area contributed by atoms with Crippen LogP contribution >= 0.6 is 11.6 Å². The number of rotatable bonds is 5. The Labute approximate surface area is 117 Å². The second-order valence-corrected chi connectivity index (χ2v) is 5.45. The minimum atomic E-state index is -0.798. The average molecular weight is 284 g/mol. The van der Waals surface area contributed by atoms with Gasteiger partial charge in [0.2, 0.25) is 0 Å². The lowest BCUT2D eigenvalue weighted by molar-refractivity contribution is 0.0394. The van der Waals surface area contributed by atoms with E-state index in [4.69, 9.17) is 22.1 Å². The number of nitrogens with two attached hydrogens (primary N) is 1. The Morgan fingerprint density at radius 2 is 2.00 bits per heavy atom. The van der Waals surface area contributed by atoms with Crippen LogP contribution < -0.4 is 5.73 Å². The minimum absolute atomic E-state index is 0.00874. The number of aryl methyl sites for hydroxylation is 1. The van der Waals surface area contributed by atoms with E-state index in [-0.39, 0.29) is 5.78 Å². The first kappa shape index (κ1) is 15.5. The normalized spacial score (nSPS) is 11.2. The molecular formula is C14H18ClNO3. The number of ether oxygens (including phenoxy) is 1. The molecule has 1 rings (SSSR count). The molecule has 0 aliphatic carbocycles. The molecule has 0 saturated carbocycles. The van der Waals surface area contributed by atoms with Crippen molar-refractivity contribution in [3.8, 4) is 0 Å². The summed E-state index contributed by atoms with van der Waals surface area (Å²) < 4.78 is 5.01. The summed E-state index contributed by atoms with van der Waals surface area (Å²) in [6.07, 6.45) is 0.366. The van der Waals surface area contributed by atoms with Crippen molar-refractivity contribution in [3.05, 3.63) is 34.3 Å². The smallest absolute Gasteiger partial charge is 0.405 e. The number of carbonyl (C=O) groups is 2. The lowest BCUT2D eigenvalue weighted by Gasteiger charge is -2.24. The van der Waals surface area contributed by atoms with Crippen LogP contribution in [0.25, 0.3) is 0 Å². The van der Waals surface area contributed by atoms with E-state index in [0.29, 0.717) is 23.4 Å². The fraction of sp³-hybridized carbons (Fsp3) is 0.429. The first-order valence-corrected chi connectivity index (χ1v) is 6.37. The van der Waals surface area contributed by atoms with Crippen molar-refractivity contribution in [2.24, 2.45) is 5.73 Å². The van der Waals surface area contributed by atoms with E-state index in [1.807, 2.05) is 0 Å². The van der Waals surface area contributed by atoms with Crippen molar-refractivity contribution in [1.29, 1.82) is 0 Å². The predicted octanol–water partition coefficient (Wildman–Crippen LogP) is 3.35. The molecule has 0 aliphatic heterocycles. The largest absolute Gasteiger partial charge is 0.444 e. The minimum Gasteiger partial charge on any atom is -0.444 e. The van der Waals surface area contributed by atoms with Crippen molar-refractivity contribution in [2.75, 3.05) is 0 Å². The number of hydrogen-bond donors (Lipinski definition) is 1. The third-order valence-electron chi connectivity index (χ3n) is 2.83. The standard InChI is InChI=1S/C14H18ClNO3/c1-9(17)10-4-5-12(15)11(8-10)6-7-14(2,3)19-13(16)18/h4-5,8H,6-7H2,1-3H3,(H2,16,18). The van der Waals surface area contributed by atoms with E-state index in [9.17, 15) is 9.59 Å². The number of benzene rings is 1. The maximum absolute atomic E-state index is 11.3. The van der Waals surface area contributed by atoms with Gasteiger partial charge < -0.3 is 10.5 Å². The first-order valence-electron chi connectivity index (χ1n) is 5.99. The lowest BCUT2D eigenvalue weighted by atomic mass is 9.97. The Bertz CT molecular complexity index is 497. The van der Waals surface area contributed by atoms with E-state index in [1.165, 1.54) is 6.92 Å². The predicted molar refractivity (Wildman–Crippen MR) is 74.5 cm³/mol. The molecule has 104 valence electrons. The molecule has 0 radical (unpaired) electrons. The van der Waals surface area contributed by atoms with Crippen LogP contribution in [0.3, 0.4) is 0 Å². The molecule has 0 atom stereocenters. The van der Waals surface area contributed by atoms with Gasteiger partial charge in [-0.2, -0.15) is 0 Å². The zero-order valence-corrected chi connectivity index (χ0v) is 12.1. The molecule has 19 heavy (non-hydrogen) atoms. The quantitative estimate of drug-likeness (QED) is 0.843. The van der Waals surface area contributed by atoms with E-state index in [1.54, 1.807) is 32.0 Å². The van der Waals surface area contributed by atoms with Gasteiger partial charge in [0.25, 0.3) is 0 Å². The second-order valence-electron chi connectivity index (χ2n) is 5.04. The Kier molecular flexibility index (Phi) is 4.95. The highest BCUT2D eigenvalue weighted by Crippen LogP contribution is 2.24. The van der Waals surface area contributed by atoms with Gasteiger partial charge in [0.1, 0.15) is 5.60 Å². The van der Waals surface area contributed by atoms with Crippen molar-refractivity contribution in [3.63, 3.8) is 0 Å². The molecule has 0 fully saturated rings. The van der Waals surface area contributed by atoms with E-state index < -0.39 is 11.7 Å². The summed E-state index contributed by atoms with van der Waals surface area (Å²) in [6, 6.07) is 5.17. The van der Waals surface area contributed by atoms with Crippen LogP contribution in [0.15, 0.2) is 18.2 Å². The molecule has 0 unspecified atom stereocenters. The molecule has 1 aromatic rings. The number of carbonyl (C=O) groups excluding carboxylic acids is 2. The van der Waals surface area contributed by atoms with Crippen LogP contribution in [0.2, 0.25) is 5.02 Å². The SMILES string of the molecule is CC(=O)c1ccc(Cl)c(CCC(C)(C)OC(N)=O)c1.